The summed E-state index contributed by atoms with van der Waals surface area (Å²) in [5, 5.41) is 0. The fourth-order valence-corrected chi connectivity index (χ4v) is 4.85. The van der Waals surface area contributed by atoms with Gasteiger partial charge in [-0.3, -0.25) is 9.12 Å². The second kappa shape index (κ2) is 7.46. The van der Waals surface area contributed by atoms with Crippen molar-refractivity contribution in [2.45, 2.75) is 25.7 Å². The lowest BCUT2D eigenvalue weighted by molar-refractivity contribution is 0.411. The molecule has 0 fully saturated rings. The largest absolute Gasteiger partial charge is 0.496 e. The number of rotatable bonds is 5. The highest BCUT2D eigenvalue weighted by Crippen LogP contribution is 2.30. The minimum atomic E-state index is -3.77. The zero-order valence-electron chi connectivity index (χ0n) is 17.2. The van der Waals surface area contributed by atoms with Gasteiger partial charge in [0.05, 0.1) is 17.7 Å². The Balaban J connectivity index is 1.71. The molecule has 8 heteroatoms. The van der Waals surface area contributed by atoms with Crippen molar-refractivity contribution in [3.05, 3.63) is 71.7 Å². The lowest BCUT2D eigenvalue weighted by Gasteiger charge is -2.14. The van der Waals surface area contributed by atoms with Crippen molar-refractivity contribution in [1.82, 2.24) is 14.4 Å². The van der Waals surface area contributed by atoms with Crippen molar-refractivity contribution in [3.8, 4) is 17.0 Å². The van der Waals surface area contributed by atoms with Gasteiger partial charge in [0, 0.05) is 29.3 Å². The Morgan fingerprint density at radius 3 is 2.57 bits per heavy atom. The zero-order chi connectivity index (χ0) is 21.5. The number of benzene rings is 2. The van der Waals surface area contributed by atoms with Gasteiger partial charge in [0.15, 0.2) is 0 Å². The smallest absolute Gasteiger partial charge is 0.262 e. The number of nitrogens with zero attached hydrogens (tertiary/aromatic N) is 3. The molecule has 0 saturated heterocycles. The predicted octanol–water partition coefficient (Wildman–Crippen LogP) is 4.13. The maximum atomic E-state index is 13.0. The number of nitrogens with one attached hydrogen (secondary N) is 1. The first-order chi connectivity index (χ1) is 14.3. The first-order valence-electron chi connectivity index (χ1n) is 9.39. The van der Waals surface area contributed by atoms with E-state index >= 15 is 0 Å². The number of aromatic nitrogens is 3. The molecule has 0 atom stereocenters. The minimum Gasteiger partial charge on any atom is -0.496 e. The molecule has 0 radical (unpaired) electrons. The molecule has 0 saturated carbocycles. The van der Waals surface area contributed by atoms with Gasteiger partial charge < -0.3 is 4.74 Å². The highest BCUT2D eigenvalue weighted by atomic mass is 32.2. The third-order valence-corrected chi connectivity index (χ3v) is 6.75. The van der Waals surface area contributed by atoms with E-state index in [1.54, 1.807) is 50.6 Å². The van der Waals surface area contributed by atoms with Gasteiger partial charge in [-0.2, -0.15) is 0 Å². The van der Waals surface area contributed by atoms with E-state index in [9.17, 15) is 8.42 Å². The van der Waals surface area contributed by atoms with E-state index in [-0.39, 0.29) is 4.90 Å². The fourth-order valence-electron chi connectivity index (χ4n) is 3.50. The van der Waals surface area contributed by atoms with Crippen molar-refractivity contribution < 1.29 is 13.2 Å². The van der Waals surface area contributed by atoms with Crippen molar-refractivity contribution in [3.63, 3.8) is 0 Å². The maximum Gasteiger partial charge on any atom is 0.262 e. The van der Waals surface area contributed by atoms with Crippen LogP contribution in [0.3, 0.4) is 0 Å². The van der Waals surface area contributed by atoms with Crippen LogP contribution in [0.25, 0.3) is 17.0 Å². The molecule has 7 nitrogen and oxygen atoms in total. The molecular formula is C22H22N4O3S. The Bertz CT molecular complexity index is 1360. The molecular weight excluding hydrogens is 400 g/mol. The lowest BCUT2D eigenvalue weighted by atomic mass is 10.1. The number of methoxy groups -OCH3 is 1. The summed E-state index contributed by atoms with van der Waals surface area (Å²) in [5.74, 6) is 1.25. The van der Waals surface area contributed by atoms with Gasteiger partial charge >= 0.3 is 0 Å². The molecule has 154 valence electrons. The Morgan fingerprint density at radius 2 is 1.83 bits per heavy atom. The SMILES string of the molecule is COc1ccc(S(=O)(=O)Nc2cccc(-c3nc4ncccn4c3C)c2)c(C)c1C. The standard InChI is InChI=1S/C22H22N4O3S/c1-14-15(2)20(10-9-19(14)29-4)30(27,28)25-18-8-5-7-17(13-18)21-16(3)26-12-6-11-23-22(26)24-21/h5-13,25H,1-4H3. The molecule has 0 aliphatic carbocycles. The molecule has 2 aromatic carbocycles. The number of hydrogen-bond donors (Lipinski definition) is 1. The van der Waals surface area contributed by atoms with Crippen LogP contribution in [0.2, 0.25) is 0 Å². The van der Waals surface area contributed by atoms with Gasteiger partial charge in [0.1, 0.15) is 5.75 Å². The molecule has 2 heterocycles. The molecule has 2 aromatic heterocycles. The molecule has 30 heavy (non-hydrogen) atoms. The van der Waals surface area contributed by atoms with Gasteiger partial charge in [-0.15, -0.1) is 0 Å². The topological polar surface area (TPSA) is 85.6 Å². The molecule has 0 spiro atoms. The van der Waals surface area contributed by atoms with Crippen molar-refractivity contribution in [1.29, 1.82) is 0 Å². The van der Waals surface area contributed by atoms with Crippen molar-refractivity contribution in [2.75, 3.05) is 11.8 Å². The van der Waals surface area contributed by atoms with Gasteiger partial charge in [-0.25, -0.2) is 18.4 Å². The van der Waals surface area contributed by atoms with E-state index < -0.39 is 10.0 Å². The lowest BCUT2D eigenvalue weighted by Crippen LogP contribution is -2.15. The molecule has 4 rings (SSSR count). The first kappa shape index (κ1) is 19.9. The Morgan fingerprint density at radius 1 is 1.03 bits per heavy atom. The summed E-state index contributed by atoms with van der Waals surface area (Å²) in [6.45, 7) is 5.57. The van der Waals surface area contributed by atoms with Gasteiger partial charge in [0.2, 0.25) is 5.78 Å². The quantitative estimate of drug-likeness (QED) is 0.523. The summed E-state index contributed by atoms with van der Waals surface area (Å²) in [4.78, 5) is 9.08. The van der Waals surface area contributed by atoms with Crippen LogP contribution in [0.15, 0.2) is 59.8 Å². The zero-order valence-corrected chi connectivity index (χ0v) is 18.0. The summed E-state index contributed by atoms with van der Waals surface area (Å²) in [5.41, 5.74) is 4.40. The third-order valence-electron chi connectivity index (χ3n) is 5.23. The number of fused-ring (bicyclic) bond motifs is 1. The van der Waals surface area contributed by atoms with Crippen molar-refractivity contribution in [2.24, 2.45) is 0 Å². The maximum absolute atomic E-state index is 13.0. The molecule has 0 aliphatic heterocycles. The van der Waals surface area contributed by atoms with Crippen LogP contribution < -0.4 is 9.46 Å². The number of ether oxygens (including phenoxy) is 1. The Labute approximate surface area is 175 Å². The highest BCUT2D eigenvalue weighted by Gasteiger charge is 2.20. The average Bonchev–Trinajstić information content (AvgIpc) is 3.06. The number of aryl methyl sites for hydroxylation is 1. The van der Waals surface area contributed by atoms with E-state index in [2.05, 4.69) is 14.7 Å². The third kappa shape index (κ3) is 3.39. The van der Waals surface area contributed by atoms with Gasteiger partial charge in [-0.05, 0) is 62.2 Å². The summed E-state index contributed by atoms with van der Waals surface area (Å²) < 4.78 is 36.0. The van der Waals surface area contributed by atoms with E-state index in [0.717, 1.165) is 22.5 Å². The Kier molecular flexibility index (Phi) is 4.95. The van der Waals surface area contributed by atoms with Crippen LogP contribution in [0, 0.1) is 20.8 Å². The molecule has 0 amide bonds. The molecule has 0 unspecified atom stereocenters. The number of imidazole rings is 1. The summed E-state index contributed by atoms with van der Waals surface area (Å²) in [7, 11) is -2.20. The van der Waals surface area contributed by atoms with E-state index in [1.807, 2.05) is 36.6 Å². The molecule has 0 aliphatic rings. The summed E-state index contributed by atoms with van der Waals surface area (Å²) >= 11 is 0. The normalized spacial score (nSPS) is 11.6. The molecule has 1 N–H and O–H groups in total. The molecule has 4 aromatic rings. The van der Waals surface area contributed by atoms with Crippen molar-refractivity contribution >= 4 is 21.5 Å². The van der Waals surface area contributed by atoms with Crippen LogP contribution in [-0.4, -0.2) is 29.9 Å². The average molecular weight is 423 g/mol. The second-order valence-corrected chi connectivity index (χ2v) is 8.69. The van der Waals surface area contributed by atoms with E-state index in [4.69, 9.17) is 4.74 Å². The van der Waals surface area contributed by atoms with Crippen LogP contribution in [0.4, 0.5) is 5.69 Å². The monoisotopic (exact) mass is 422 g/mol. The first-order valence-corrected chi connectivity index (χ1v) is 10.9. The number of sulfonamides is 1. The van der Waals surface area contributed by atoms with Crippen LogP contribution in [-0.2, 0) is 10.0 Å². The van der Waals surface area contributed by atoms with Crippen LogP contribution >= 0.6 is 0 Å². The van der Waals surface area contributed by atoms with E-state index in [0.29, 0.717) is 22.8 Å². The number of anilines is 1. The van der Waals surface area contributed by atoms with Crippen LogP contribution in [0.5, 0.6) is 5.75 Å². The Hall–Kier alpha value is -3.39. The van der Waals surface area contributed by atoms with Crippen LogP contribution in [0.1, 0.15) is 16.8 Å². The minimum absolute atomic E-state index is 0.222. The predicted molar refractivity (Wildman–Crippen MR) is 116 cm³/mol. The van der Waals surface area contributed by atoms with E-state index in [1.165, 1.54) is 0 Å². The van der Waals surface area contributed by atoms with Gasteiger partial charge in [-0.1, -0.05) is 12.1 Å². The summed E-state index contributed by atoms with van der Waals surface area (Å²) in [6.07, 6.45) is 3.59. The number of hydrogen-bond acceptors (Lipinski definition) is 5. The fraction of sp³-hybridized carbons (Fsp3) is 0.182. The second-order valence-electron chi connectivity index (χ2n) is 7.04. The summed E-state index contributed by atoms with van der Waals surface area (Å²) in [6, 6.07) is 12.3. The highest BCUT2D eigenvalue weighted by molar-refractivity contribution is 7.92. The molecule has 0 bridgehead atoms. The van der Waals surface area contributed by atoms with Gasteiger partial charge in [0.25, 0.3) is 10.0 Å².